The van der Waals surface area contributed by atoms with Crippen LogP contribution in [0.4, 0.5) is 5.69 Å². The Labute approximate surface area is 153 Å². The van der Waals surface area contributed by atoms with Gasteiger partial charge in [0, 0.05) is 30.9 Å². The summed E-state index contributed by atoms with van der Waals surface area (Å²) in [5.41, 5.74) is 2.01. The molecule has 0 fully saturated rings. The van der Waals surface area contributed by atoms with Gasteiger partial charge in [0.1, 0.15) is 0 Å². The Morgan fingerprint density at radius 1 is 1.16 bits per heavy atom. The number of hydrogen-bond donors (Lipinski definition) is 1. The zero-order chi connectivity index (χ0) is 18.6. The molecule has 0 saturated heterocycles. The molecule has 0 aromatic heterocycles. The molecule has 0 radical (unpaired) electrons. The number of rotatable bonds is 5. The standard InChI is InChI=1S/C18H19ClN2O3S/c1-13-7-9-16(25(23,24)21(2)3)12-17(13)20-18(22)10-8-14-5-4-6-15(19)11-14/h4-12H,1-3H3,(H,20,22)/b10-8+. The molecule has 0 bridgehead atoms. The fourth-order valence-electron chi connectivity index (χ4n) is 2.06. The van der Waals surface area contributed by atoms with Gasteiger partial charge in [-0.2, -0.15) is 0 Å². The SMILES string of the molecule is Cc1ccc(S(=O)(=O)N(C)C)cc1NC(=O)/C=C/c1cccc(Cl)c1. The van der Waals surface area contributed by atoms with E-state index in [1.165, 1.54) is 32.3 Å². The summed E-state index contributed by atoms with van der Waals surface area (Å²) in [7, 11) is -0.644. The van der Waals surface area contributed by atoms with Crippen LogP contribution in [-0.2, 0) is 14.8 Å². The molecule has 25 heavy (non-hydrogen) atoms. The quantitative estimate of drug-likeness (QED) is 0.809. The first-order chi connectivity index (χ1) is 11.7. The molecular formula is C18H19ClN2O3S. The van der Waals surface area contributed by atoms with Gasteiger partial charge >= 0.3 is 0 Å². The maximum absolute atomic E-state index is 12.2. The lowest BCUT2D eigenvalue weighted by Gasteiger charge is -2.14. The average Bonchev–Trinajstić information content (AvgIpc) is 2.55. The van der Waals surface area contributed by atoms with Crippen molar-refractivity contribution in [2.75, 3.05) is 19.4 Å². The van der Waals surface area contributed by atoms with Crippen molar-refractivity contribution in [1.29, 1.82) is 0 Å². The smallest absolute Gasteiger partial charge is 0.248 e. The summed E-state index contributed by atoms with van der Waals surface area (Å²) >= 11 is 5.90. The topological polar surface area (TPSA) is 66.5 Å². The summed E-state index contributed by atoms with van der Waals surface area (Å²) < 4.78 is 25.5. The van der Waals surface area contributed by atoms with Crippen LogP contribution in [0.2, 0.25) is 5.02 Å². The molecule has 0 aliphatic carbocycles. The fraction of sp³-hybridized carbons (Fsp3) is 0.167. The first-order valence-corrected chi connectivity index (χ1v) is 9.30. The fourth-order valence-corrected chi connectivity index (χ4v) is 3.19. The Morgan fingerprint density at radius 3 is 2.52 bits per heavy atom. The van der Waals surface area contributed by atoms with Crippen molar-refractivity contribution in [3.05, 3.63) is 64.7 Å². The summed E-state index contributed by atoms with van der Waals surface area (Å²) in [4.78, 5) is 12.2. The molecule has 0 aliphatic heterocycles. The van der Waals surface area contributed by atoms with E-state index in [9.17, 15) is 13.2 Å². The summed E-state index contributed by atoms with van der Waals surface area (Å²) in [6, 6.07) is 11.7. The van der Waals surface area contributed by atoms with E-state index in [1.807, 2.05) is 6.07 Å². The molecule has 2 rings (SSSR count). The largest absolute Gasteiger partial charge is 0.322 e. The monoisotopic (exact) mass is 378 g/mol. The lowest BCUT2D eigenvalue weighted by molar-refractivity contribution is -0.111. The van der Waals surface area contributed by atoms with Crippen LogP contribution in [0.3, 0.4) is 0 Å². The highest BCUT2D eigenvalue weighted by Crippen LogP contribution is 2.22. The second-order valence-corrected chi connectivity index (χ2v) is 8.23. The average molecular weight is 379 g/mol. The number of hydrogen-bond acceptors (Lipinski definition) is 3. The predicted octanol–water partition coefficient (Wildman–Crippen LogP) is 3.55. The minimum atomic E-state index is -3.56. The van der Waals surface area contributed by atoms with Crippen LogP contribution in [0.5, 0.6) is 0 Å². The number of amides is 1. The number of carbonyl (C=O) groups is 1. The summed E-state index contributed by atoms with van der Waals surface area (Å²) in [5, 5.41) is 3.29. The third kappa shape index (κ3) is 4.92. The number of anilines is 1. The van der Waals surface area contributed by atoms with Crippen molar-refractivity contribution >= 4 is 39.3 Å². The van der Waals surface area contributed by atoms with E-state index in [4.69, 9.17) is 11.6 Å². The predicted molar refractivity (Wildman–Crippen MR) is 101 cm³/mol. The normalized spacial score (nSPS) is 11.9. The molecular weight excluding hydrogens is 360 g/mol. The van der Waals surface area contributed by atoms with Gasteiger partial charge in [0.15, 0.2) is 0 Å². The lowest BCUT2D eigenvalue weighted by Crippen LogP contribution is -2.22. The van der Waals surface area contributed by atoms with E-state index >= 15 is 0 Å². The van der Waals surface area contributed by atoms with E-state index in [2.05, 4.69) is 5.32 Å². The van der Waals surface area contributed by atoms with Crippen molar-refractivity contribution in [3.63, 3.8) is 0 Å². The van der Waals surface area contributed by atoms with Crippen LogP contribution >= 0.6 is 11.6 Å². The first-order valence-electron chi connectivity index (χ1n) is 7.48. The van der Waals surface area contributed by atoms with Gasteiger partial charge in [0.05, 0.1) is 4.90 Å². The Bertz CT molecular complexity index is 922. The Hall–Kier alpha value is -2.15. The molecule has 0 saturated carbocycles. The van der Waals surface area contributed by atoms with Crippen LogP contribution in [0.1, 0.15) is 11.1 Å². The minimum Gasteiger partial charge on any atom is -0.322 e. The number of sulfonamides is 1. The second-order valence-electron chi connectivity index (χ2n) is 5.64. The first kappa shape index (κ1) is 19.2. The third-order valence-corrected chi connectivity index (χ3v) is 5.57. The summed E-state index contributed by atoms with van der Waals surface area (Å²) in [6.45, 7) is 1.79. The number of aryl methyl sites for hydroxylation is 1. The molecule has 2 aromatic carbocycles. The summed E-state index contributed by atoms with van der Waals surface area (Å²) in [5.74, 6) is -0.359. The highest BCUT2D eigenvalue weighted by molar-refractivity contribution is 7.89. The molecule has 5 nitrogen and oxygen atoms in total. The van der Waals surface area contributed by atoms with Gasteiger partial charge in [-0.25, -0.2) is 12.7 Å². The maximum atomic E-state index is 12.2. The van der Waals surface area contributed by atoms with Gasteiger partial charge in [0.2, 0.25) is 15.9 Å². The number of benzene rings is 2. The lowest BCUT2D eigenvalue weighted by atomic mass is 10.2. The van der Waals surface area contributed by atoms with E-state index in [0.29, 0.717) is 10.7 Å². The van der Waals surface area contributed by atoms with Gasteiger partial charge in [0.25, 0.3) is 0 Å². The van der Waals surface area contributed by atoms with E-state index in [1.54, 1.807) is 37.3 Å². The molecule has 0 unspecified atom stereocenters. The van der Waals surface area contributed by atoms with Crippen LogP contribution in [-0.4, -0.2) is 32.7 Å². The van der Waals surface area contributed by atoms with Gasteiger partial charge in [-0.3, -0.25) is 4.79 Å². The molecule has 132 valence electrons. The number of nitrogens with zero attached hydrogens (tertiary/aromatic N) is 1. The highest BCUT2D eigenvalue weighted by Gasteiger charge is 2.18. The van der Waals surface area contributed by atoms with Crippen LogP contribution < -0.4 is 5.32 Å². The van der Waals surface area contributed by atoms with Crippen molar-refractivity contribution in [2.24, 2.45) is 0 Å². The summed E-state index contributed by atoms with van der Waals surface area (Å²) in [6.07, 6.45) is 3.01. The Morgan fingerprint density at radius 2 is 1.88 bits per heavy atom. The Kier molecular flexibility index (Phi) is 6.00. The maximum Gasteiger partial charge on any atom is 0.248 e. The number of carbonyl (C=O) groups excluding carboxylic acids is 1. The van der Waals surface area contributed by atoms with Gasteiger partial charge in [-0.1, -0.05) is 29.8 Å². The highest BCUT2D eigenvalue weighted by atomic mass is 35.5. The van der Waals surface area contributed by atoms with Crippen LogP contribution in [0, 0.1) is 6.92 Å². The van der Waals surface area contributed by atoms with Crippen LogP contribution in [0.15, 0.2) is 53.4 Å². The third-order valence-electron chi connectivity index (χ3n) is 3.52. The molecule has 1 amide bonds. The van der Waals surface area contributed by atoms with Crippen LogP contribution in [0.25, 0.3) is 6.08 Å². The molecule has 0 atom stereocenters. The van der Waals surface area contributed by atoms with Gasteiger partial charge in [-0.15, -0.1) is 0 Å². The van der Waals surface area contributed by atoms with Crippen molar-refractivity contribution in [3.8, 4) is 0 Å². The molecule has 2 aromatic rings. The van der Waals surface area contributed by atoms with Crippen molar-refractivity contribution < 1.29 is 13.2 Å². The number of halogens is 1. The molecule has 7 heteroatoms. The van der Waals surface area contributed by atoms with Gasteiger partial charge < -0.3 is 5.32 Å². The van der Waals surface area contributed by atoms with Crippen molar-refractivity contribution in [2.45, 2.75) is 11.8 Å². The van der Waals surface area contributed by atoms with Crippen molar-refractivity contribution in [1.82, 2.24) is 4.31 Å². The minimum absolute atomic E-state index is 0.122. The number of nitrogens with one attached hydrogen (secondary N) is 1. The second kappa shape index (κ2) is 7.82. The van der Waals surface area contributed by atoms with E-state index < -0.39 is 10.0 Å². The Balaban J connectivity index is 2.21. The van der Waals surface area contributed by atoms with E-state index in [0.717, 1.165) is 15.4 Å². The molecule has 0 aliphatic rings. The van der Waals surface area contributed by atoms with E-state index in [-0.39, 0.29) is 10.8 Å². The zero-order valence-corrected chi connectivity index (χ0v) is 15.7. The zero-order valence-electron chi connectivity index (χ0n) is 14.2. The molecule has 1 N–H and O–H groups in total. The van der Waals surface area contributed by atoms with Gasteiger partial charge in [-0.05, 0) is 48.4 Å². The molecule has 0 spiro atoms. The molecule has 0 heterocycles.